The van der Waals surface area contributed by atoms with Crippen molar-refractivity contribution in [3.05, 3.63) is 91.8 Å². The van der Waals surface area contributed by atoms with Crippen LogP contribution in [0.15, 0.2) is 48.7 Å². The van der Waals surface area contributed by atoms with Gasteiger partial charge in [-0.25, -0.2) is 9.67 Å². The highest BCUT2D eigenvalue weighted by Crippen LogP contribution is 2.34. The van der Waals surface area contributed by atoms with E-state index >= 15 is 0 Å². The Balaban J connectivity index is 1.55. The number of hydrogen-bond donors (Lipinski definition) is 2. The molecule has 0 bridgehead atoms. The number of nitrogens with one attached hydrogen (secondary N) is 2. The molecule has 216 valence electrons. The maximum atomic E-state index is 13.6. The van der Waals surface area contributed by atoms with Crippen molar-refractivity contribution < 1.29 is 22.8 Å². The number of fused-ring (bicyclic) bond motifs is 1. The van der Waals surface area contributed by atoms with E-state index in [-0.39, 0.29) is 56.1 Å². The lowest BCUT2D eigenvalue weighted by Gasteiger charge is -2.14. The third-order valence-corrected chi connectivity index (χ3v) is 6.86. The number of aromatic nitrogens is 6. The number of halogens is 6. The van der Waals surface area contributed by atoms with Gasteiger partial charge >= 0.3 is 6.18 Å². The highest BCUT2D eigenvalue weighted by molar-refractivity contribution is 6.35. The zero-order valence-electron chi connectivity index (χ0n) is 21.6. The van der Waals surface area contributed by atoms with Crippen molar-refractivity contribution in [3.63, 3.8) is 0 Å². The average Bonchev–Trinajstić information content (AvgIpc) is 3.53. The van der Waals surface area contributed by atoms with E-state index in [0.717, 1.165) is 16.9 Å². The van der Waals surface area contributed by atoms with E-state index in [2.05, 4.69) is 30.9 Å². The summed E-state index contributed by atoms with van der Waals surface area (Å²) >= 11 is 18.5. The molecule has 5 aromatic rings. The van der Waals surface area contributed by atoms with Crippen LogP contribution in [-0.4, -0.2) is 48.6 Å². The first-order chi connectivity index (χ1) is 19.8. The van der Waals surface area contributed by atoms with Gasteiger partial charge in [0, 0.05) is 18.3 Å². The molecule has 0 atom stereocenters. The number of nitrogens with zero attached hydrogens (tertiary/aromatic N) is 6. The Morgan fingerprint density at radius 1 is 0.976 bits per heavy atom. The molecule has 3 heterocycles. The van der Waals surface area contributed by atoms with Gasteiger partial charge in [-0.2, -0.15) is 33.3 Å². The normalized spacial score (nSPS) is 11.6. The van der Waals surface area contributed by atoms with Crippen LogP contribution in [0.2, 0.25) is 15.1 Å². The number of alkyl halides is 3. The van der Waals surface area contributed by atoms with Crippen LogP contribution in [0.4, 0.5) is 18.9 Å². The van der Waals surface area contributed by atoms with E-state index < -0.39 is 23.6 Å². The van der Waals surface area contributed by atoms with Crippen LogP contribution in [0.1, 0.15) is 37.7 Å². The number of amides is 2. The highest BCUT2D eigenvalue weighted by Gasteiger charge is 2.32. The summed E-state index contributed by atoms with van der Waals surface area (Å²) in [5.41, 5.74) is 0.147. The van der Waals surface area contributed by atoms with Gasteiger partial charge in [-0.3, -0.25) is 9.59 Å². The van der Waals surface area contributed by atoms with Crippen LogP contribution < -0.4 is 10.6 Å². The Bertz CT molecular complexity index is 1870. The number of hydrogen-bond acceptors (Lipinski definition) is 6. The predicted molar refractivity (Wildman–Crippen MR) is 151 cm³/mol. The number of benzene rings is 2. The number of aryl methyl sites for hydroxylation is 1. The Morgan fingerprint density at radius 2 is 1.74 bits per heavy atom. The molecule has 0 unspecified atom stereocenters. The standard InChI is InChI=1S/C26H18Cl3F3N8O2/c1-12-6-14(27)9-16(24(41)33-2)21(12)35-25(42)20-10-15(36-40(20)23-17(28)4-3-5-34-23)11-39-37-19-8-13(26(30,31)32)7-18(29)22(19)38-39/h3-10H,11H2,1-2H3,(H,33,41)(H,35,42). The van der Waals surface area contributed by atoms with Crippen LogP contribution in [0, 0.1) is 6.92 Å². The molecule has 2 aromatic carbocycles. The molecule has 3 aromatic heterocycles. The molecule has 0 aliphatic heterocycles. The lowest BCUT2D eigenvalue weighted by molar-refractivity contribution is -0.137. The second-order valence-electron chi connectivity index (χ2n) is 8.97. The Kier molecular flexibility index (Phi) is 7.84. The van der Waals surface area contributed by atoms with Crippen LogP contribution >= 0.6 is 34.8 Å². The molecular formula is C26H18Cl3F3N8O2. The summed E-state index contributed by atoms with van der Waals surface area (Å²) in [6.45, 7) is 1.53. The molecule has 16 heteroatoms. The summed E-state index contributed by atoms with van der Waals surface area (Å²) in [5, 5.41) is 18.3. The minimum absolute atomic E-state index is 0.0168. The lowest BCUT2D eigenvalue weighted by Crippen LogP contribution is -2.23. The topological polar surface area (TPSA) is 120 Å². The molecule has 0 aliphatic rings. The molecule has 0 spiro atoms. The summed E-state index contributed by atoms with van der Waals surface area (Å²) in [6, 6.07) is 9.20. The first-order valence-electron chi connectivity index (χ1n) is 12.0. The Hall–Kier alpha value is -4.20. The number of rotatable bonds is 6. The molecule has 2 amide bonds. The van der Waals surface area contributed by atoms with Gasteiger partial charge in [-0.1, -0.05) is 34.8 Å². The summed E-state index contributed by atoms with van der Waals surface area (Å²) in [4.78, 5) is 31.5. The number of anilines is 1. The zero-order chi connectivity index (χ0) is 30.3. The molecule has 42 heavy (non-hydrogen) atoms. The second-order valence-corrected chi connectivity index (χ2v) is 10.2. The lowest BCUT2D eigenvalue weighted by atomic mass is 10.1. The summed E-state index contributed by atoms with van der Waals surface area (Å²) < 4.78 is 40.9. The van der Waals surface area contributed by atoms with Gasteiger partial charge in [0.15, 0.2) is 5.82 Å². The van der Waals surface area contributed by atoms with Gasteiger partial charge in [-0.05, 0) is 55.0 Å². The van der Waals surface area contributed by atoms with E-state index in [1.807, 2.05) is 0 Å². The minimum atomic E-state index is -4.62. The Labute approximate surface area is 250 Å². The smallest absolute Gasteiger partial charge is 0.355 e. The molecule has 0 radical (unpaired) electrons. The summed E-state index contributed by atoms with van der Waals surface area (Å²) in [6.07, 6.45) is -3.16. The van der Waals surface area contributed by atoms with Gasteiger partial charge in [0.05, 0.1) is 32.6 Å². The fourth-order valence-corrected chi connectivity index (χ4v) is 4.89. The third-order valence-electron chi connectivity index (χ3n) is 6.06. The molecule has 2 N–H and O–H groups in total. The monoisotopic (exact) mass is 636 g/mol. The molecule has 0 aliphatic carbocycles. The maximum Gasteiger partial charge on any atom is 0.416 e. The van der Waals surface area contributed by atoms with Gasteiger partial charge in [-0.15, -0.1) is 0 Å². The van der Waals surface area contributed by atoms with Crippen LogP contribution in [-0.2, 0) is 12.7 Å². The largest absolute Gasteiger partial charge is 0.416 e. The van der Waals surface area contributed by atoms with Crippen molar-refractivity contribution in [1.82, 2.24) is 35.1 Å². The molecule has 10 nitrogen and oxygen atoms in total. The number of pyridine rings is 1. The van der Waals surface area contributed by atoms with Crippen molar-refractivity contribution in [2.45, 2.75) is 19.6 Å². The van der Waals surface area contributed by atoms with Crippen molar-refractivity contribution in [3.8, 4) is 5.82 Å². The second kappa shape index (κ2) is 11.2. The first-order valence-corrected chi connectivity index (χ1v) is 13.1. The molecule has 5 rings (SSSR count). The summed E-state index contributed by atoms with van der Waals surface area (Å²) in [5.74, 6) is -1.00. The van der Waals surface area contributed by atoms with Gasteiger partial charge < -0.3 is 10.6 Å². The molecule has 0 fully saturated rings. The van der Waals surface area contributed by atoms with Gasteiger partial charge in [0.2, 0.25) is 0 Å². The van der Waals surface area contributed by atoms with E-state index in [1.165, 1.54) is 30.1 Å². The van der Waals surface area contributed by atoms with E-state index in [4.69, 9.17) is 34.8 Å². The van der Waals surface area contributed by atoms with Gasteiger partial charge in [0.25, 0.3) is 11.8 Å². The Morgan fingerprint density at radius 3 is 2.43 bits per heavy atom. The van der Waals surface area contributed by atoms with Crippen LogP contribution in [0.3, 0.4) is 0 Å². The van der Waals surface area contributed by atoms with Crippen molar-refractivity contribution in [1.29, 1.82) is 0 Å². The SMILES string of the molecule is CNC(=O)c1cc(Cl)cc(C)c1NC(=O)c1cc(Cn2nc3cc(C(F)(F)F)cc(Cl)c3n2)nn1-c1ncccc1Cl. The van der Waals surface area contributed by atoms with E-state index in [1.54, 1.807) is 25.1 Å². The number of carbonyl (C=O) groups is 2. The van der Waals surface area contributed by atoms with Crippen molar-refractivity contribution >= 4 is 63.3 Å². The van der Waals surface area contributed by atoms with E-state index in [0.29, 0.717) is 10.6 Å². The fourth-order valence-electron chi connectivity index (χ4n) is 4.17. The quantitative estimate of drug-likeness (QED) is 0.237. The van der Waals surface area contributed by atoms with Crippen molar-refractivity contribution in [2.75, 3.05) is 12.4 Å². The van der Waals surface area contributed by atoms with Crippen LogP contribution in [0.25, 0.3) is 16.9 Å². The fraction of sp³-hybridized carbons (Fsp3) is 0.154. The molecule has 0 saturated heterocycles. The molecule has 0 saturated carbocycles. The molecular weight excluding hydrogens is 620 g/mol. The van der Waals surface area contributed by atoms with Gasteiger partial charge in [0.1, 0.15) is 23.3 Å². The third kappa shape index (κ3) is 5.75. The maximum absolute atomic E-state index is 13.6. The van der Waals surface area contributed by atoms with Crippen molar-refractivity contribution in [2.24, 2.45) is 0 Å². The number of carbonyl (C=O) groups excluding carboxylic acids is 2. The predicted octanol–water partition coefficient (Wildman–Crippen LogP) is 5.96. The van der Waals surface area contributed by atoms with E-state index in [9.17, 15) is 22.8 Å². The van der Waals surface area contributed by atoms with Crippen LogP contribution in [0.5, 0.6) is 0 Å². The average molecular weight is 638 g/mol. The minimum Gasteiger partial charge on any atom is -0.355 e. The highest BCUT2D eigenvalue weighted by atomic mass is 35.5. The summed E-state index contributed by atoms with van der Waals surface area (Å²) in [7, 11) is 1.44. The first kappa shape index (κ1) is 29.3. The zero-order valence-corrected chi connectivity index (χ0v) is 23.9.